The van der Waals surface area contributed by atoms with Gasteiger partial charge in [-0.3, -0.25) is 9.59 Å². The first-order valence-corrected chi connectivity index (χ1v) is 11.7. The van der Waals surface area contributed by atoms with Crippen molar-refractivity contribution in [2.75, 3.05) is 17.3 Å². The predicted octanol–water partition coefficient (Wildman–Crippen LogP) is 4.10. The number of aromatic nitrogens is 4. The van der Waals surface area contributed by atoms with E-state index in [1.807, 2.05) is 73.7 Å². The lowest BCUT2D eigenvalue weighted by Crippen LogP contribution is -2.47. The number of amides is 2. The number of rotatable bonds is 6. The molecule has 0 spiro atoms. The van der Waals surface area contributed by atoms with Gasteiger partial charge in [-0.15, -0.1) is 5.10 Å². The van der Waals surface area contributed by atoms with Gasteiger partial charge in [0.2, 0.25) is 11.8 Å². The Bertz CT molecular complexity index is 1370. The number of hydrogen-bond donors (Lipinski definition) is 1. The standard InChI is InChI=1S/C27H26N6O3/c1-18-10-12-20(13-11-18)33-25(34)15-14-23(26(33)22-8-3-4-9-24(22)36-2)27(35)29-19-6-5-7-21(16-19)32-17-28-30-31-32/h3-13,16-17,23,26H,14-15H2,1-2H3,(H,29,35). The van der Waals surface area contributed by atoms with Crippen molar-refractivity contribution in [2.24, 2.45) is 5.92 Å². The molecule has 1 aliphatic rings. The number of nitrogens with zero attached hydrogens (tertiary/aromatic N) is 5. The molecule has 1 aromatic heterocycles. The maximum Gasteiger partial charge on any atom is 0.229 e. The Morgan fingerprint density at radius 2 is 1.83 bits per heavy atom. The number of aryl methyl sites for hydroxylation is 1. The van der Waals surface area contributed by atoms with Crippen LogP contribution in [0.2, 0.25) is 0 Å². The van der Waals surface area contributed by atoms with Crippen molar-refractivity contribution < 1.29 is 14.3 Å². The lowest BCUT2D eigenvalue weighted by molar-refractivity contribution is -0.125. The maximum absolute atomic E-state index is 13.7. The lowest BCUT2D eigenvalue weighted by atomic mass is 9.82. The second-order valence-electron chi connectivity index (χ2n) is 8.73. The van der Waals surface area contributed by atoms with Crippen molar-refractivity contribution in [3.8, 4) is 11.4 Å². The molecule has 0 bridgehead atoms. The Labute approximate surface area is 208 Å². The summed E-state index contributed by atoms with van der Waals surface area (Å²) in [5.41, 5.74) is 3.97. The van der Waals surface area contributed by atoms with Crippen LogP contribution in [-0.2, 0) is 9.59 Å². The minimum Gasteiger partial charge on any atom is -0.496 e. The number of methoxy groups -OCH3 is 1. The first-order valence-electron chi connectivity index (χ1n) is 11.7. The number of tetrazole rings is 1. The SMILES string of the molecule is COc1ccccc1C1C(C(=O)Nc2cccc(-n3cnnn3)c2)CCC(=O)N1c1ccc(C)cc1. The van der Waals surface area contributed by atoms with E-state index in [9.17, 15) is 9.59 Å². The molecule has 1 N–H and O–H groups in total. The third-order valence-corrected chi connectivity index (χ3v) is 6.43. The van der Waals surface area contributed by atoms with Crippen LogP contribution in [0.25, 0.3) is 5.69 Å². The molecule has 2 atom stereocenters. The van der Waals surface area contributed by atoms with E-state index >= 15 is 0 Å². The summed E-state index contributed by atoms with van der Waals surface area (Å²) in [5, 5.41) is 14.3. The molecule has 2 amide bonds. The molecule has 3 aromatic carbocycles. The molecule has 5 rings (SSSR count). The maximum atomic E-state index is 13.7. The first kappa shape index (κ1) is 23.2. The van der Waals surface area contributed by atoms with Gasteiger partial charge in [-0.2, -0.15) is 0 Å². The molecule has 4 aromatic rings. The number of carbonyl (C=O) groups excluding carboxylic acids is 2. The number of ether oxygens (including phenoxy) is 1. The van der Waals surface area contributed by atoms with Crippen LogP contribution in [0.3, 0.4) is 0 Å². The third-order valence-electron chi connectivity index (χ3n) is 6.43. The molecule has 2 unspecified atom stereocenters. The Morgan fingerprint density at radius 1 is 1.03 bits per heavy atom. The molecule has 1 aliphatic heterocycles. The van der Waals surface area contributed by atoms with Gasteiger partial charge in [-0.1, -0.05) is 42.0 Å². The van der Waals surface area contributed by atoms with E-state index in [1.54, 1.807) is 18.1 Å². The van der Waals surface area contributed by atoms with Crippen LogP contribution >= 0.6 is 0 Å². The summed E-state index contributed by atoms with van der Waals surface area (Å²) in [5.74, 6) is -0.0753. The minimum absolute atomic E-state index is 0.0283. The Balaban J connectivity index is 1.52. The van der Waals surface area contributed by atoms with E-state index in [0.29, 0.717) is 17.9 Å². The highest BCUT2D eigenvalue weighted by molar-refractivity contribution is 6.00. The molecular formula is C27H26N6O3. The zero-order chi connectivity index (χ0) is 25.1. The fraction of sp³-hybridized carbons (Fsp3) is 0.222. The first-order chi connectivity index (χ1) is 17.5. The van der Waals surface area contributed by atoms with Crippen LogP contribution in [0.1, 0.15) is 30.0 Å². The highest BCUT2D eigenvalue weighted by atomic mass is 16.5. The van der Waals surface area contributed by atoms with Crippen LogP contribution in [-0.4, -0.2) is 39.1 Å². The average Bonchev–Trinajstić information content (AvgIpc) is 3.44. The highest BCUT2D eigenvalue weighted by Gasteiger charge is 2.42. The van der Waals surface area contributed by atoms with Gasteiger partial charge in [0.1, 0.15) is 12.1 Å². The van der Waals surface area contributed by atoms with Crippen molar-refractivity contribution in [3.63, 3.8) is 0 Å². The monoisotopic (exact) mass is 482 g/mol. The normalized spacial score (nSPS) is 17.6. The van der Waals surface area contributed by atoms with E-state index in [-0.39, 0.29) is 18.2 Å². The summed E-state index contributed by atoms with van der Waals surface area (Å²) in [4.78, 5) is 28.8. The van der Waals surface area contributed by atoms with Crippen LogP contribution in [0.15, 0.2) is 79.1 Å². The molecule has 36 heavy (non-hydrogen) atoms. The molecule has 0 radical (unpaired) electrons. The van der Waals surface area contributed by atoms with Crippen LogP contribution in [0.5, 0.6) is 5.75 Å². The van der Waals surface area contributed by atoms with Crippen molar-refractivity contribution in [3.05, 3.63) is 90.3 Å². The number of nitrogens with one attached hydrogen (secondary N) is 1. The second kappa shape index (κ2) is 9.99. The van der Waals surface area contributed by atoms with Gasteiger partial charge in [-0.25, -0.2) is 4.68 Å². The summed E-state index contributed by atoms with van der Waals surface area (Å²) in [6.07, 6.45) is 2.18. The van der Waals surface area contributed by atoms with Crippen LogP contribution in [0, 0.1) is 12.8 Å². The molecule has 182 valence electrons. The van der Waals surface area contributed by atoms with Gasteiger partial charge < -0.3 is 15.0 Å². The van der Waals surface area contributed by atoms with Gasteiger partial charge in [0.05, 0.1) is 24.8 Å². The van der Waals surface area contributed by atoms with Crippen molar-refractivity contribution in [2.45, 2.75) is 25.8 Å². The quantitative estimate of drug-likeness (QED) is 0.444. The molecule has 0 saturated carbocycles. The topological polar surface area (TPSA) is 102 Å². The largest absolute Gasteiger partial charge is 0.496 e. The summed E-state index contributed by atoms with van der Waals surface area (Å²) in [6, 6.07) is 22.1. The Hall–Kier alpha value is -4.53. The predicted molar refractivity (Wildman–Crippen MR) is 135 cm³/mol. The Kier molecular flexibility index (Phi) is 6.44. The zero-order valence-electron chi connectivity index (χ0n) is 20.0. The highest BCUT2D eigenvalue weighted by Crippen LogP contribution is 2.43. The van der Waals surface area contributed by atoms with Crippen LogP contribution < -0.4 is 15.0 Å². The summed E-state index contributed by atoms with van der Waals surface area (Å²) in [6.45, 7) is 2.00. The van der Waals surface area contributed by atoms with E-state index in [4.69, 9.17) is 4.74 Å². The van der Waals surface area contributed by atoms with Crippen LogP contribution in [0.4, 0.5) is 11.4 Å². The van der Waals surface area contributed by atoms with Crippen molar-refractivity contribution in [1.29, 1.82) is 0 Å². The van der Waals surface area contributed by atoms with Crippen molar-refractivity contribution in [1.82, 2.24) is 20.2 Å². The molecule has 2 heterocycles. The fourth-order valence-corrected chi connectivity index (χ4v) is 4.68. The van der Waals surface area contributed by atoms with E-state index in [0.717, 1.165) is 22.5 Å². The number of piperidine rings is 1. The number of para-hydroxylation sites is 1. The van der Waals surface area contributed by atoms with E-state index < -0.39 is 12.0 Å². The third kappa shape index (κ3) is 4.55. The van der Waals surface area contributed by atoms with E-state index in [1.165, 1.54) is 11.0 Å². The molecule has 0 aliphatic carbocycles. The zero-order valence-corrected chi connectivity index (χ0v) is 20.0. The second-order valence-corrected chi connectivity index (χ2v) is 8.73. The number of carbonyl (C=O) groups is 2. The smallest absolute Gasteiger partial charge is 0.229 e. The van der Waals surface area contributed by atoms with Gasteiger partial charge in [-0.05, 0) is 60.2 Å². The number of benzene rings is 3. The Morgan fingerprint density at radius 3 is 2.58 bits per heavy atom. The van der Waals surface area contributed by atoms with Gasteiger partial charge >= 0.3 is 0 Å². The molecule has 9 heteroatoms. The summed E-state index contributed by atoms with van der Waals surface area (Å²) >= 11 is 0. The van der Waals surface area contributed by atoms with E-state index in [2.05, 4.69) is 20.8 Å². The molecular weight excluding hydrogens is 456 g/mol. The molecule has 9 nitrogen and oxygen atoms in total. The molecule has 1 saturated heterocycles. The average molecular weight is 483 g/mol. The number of anilines is 2. The van der Waals surface area contributed by atoms with Gasteiger partial charge in [0.25, 0.3) is 0 Å². The fourth-order valence-electron chi connectivity index (χ4n) is 4.68. The minimum atomic E-state index is -0.534. The van der Waals surface area contributed by atoms with Gasteiger partial charge in [0, 0.05) is 23.4 Å². The lowest BCUT2D eigenvalue weighted by Gasteiger charge is -2.41. The van der Waals surface area contributed by atoms with Crippen molar-refractivity contribution >= 4 is 23.2 Å². The summed E-state index contributed by atoms with van der Waals surface area (Å²) < 4.78 is 7.17. The summed E-state index contributed by atoms with van der Waals surface area (Å²) in [7, 11) is 1.60. The van der Waals surface area contributed by atoms with Gasteiger partial charge in [0.15, 0.2) is 0 Å². The number of hydrogen-bond acceptors (Lipinski definition) is 6. The molecule has 1 fully saturated rings.